The maximum atomic E-state index is 9.42. The lowest BCUT2D eigenvalue weighted by Gasteiger charge is -2.12. The van der Waals surface area contributed by atoms with Gasteiger partial charge in [-0.3, -0.25) is 0 Å². The van der Waals surface area contributed by atoms with E-state index in [1.54, 1.807) is 42.5 Å². The number of rotatable bonds is 3. The molecular weight excluding hydrogens is 460 g/mol. The fourth-order valence-corrected chi connectivity index (χ4v) is 5.04. The van der Waals surface area contributed by atoms with Gasteiger partial charge in [-0.15, -0.1) is 0 Å². The van der Waals surface area contributed by atoms with Crippen molar-refractivity contribution in [2.75, 3.05) is 0 Å². The van der Waals surface area contributed by atoms with Gasteiger partial charge in [0.05, 0.1) is 51.1 Å². The van der Waals surface area contributed by atoms with E-state index in [2.05, 4.69) is 0 Å². The zero-order valence-corrected chi connectivity index (χ0v) is 19.4. The molecule has 0 aliphatic rings. The number of hydrogen-bond acceptors (Lipinski definition) is 0. The molecule has 0 bridgehead atoms. The van der Waals surface area contributed by atoms with E-state index in [1.807, 2.05) is 0 Å². The van der Waals surface area contributed by atoms with Crippen molar-refractivity contribution in [3.8, 4) is 22.5 Å². The first kappa shape index (κ1) is 10.4. The number of hydrogen-bond donors (Lipinski definition) is 0. The average Bonchev–Trinajstić information content (AvgIpc) is 3.71. The van der Waals surface area contributed by atoms with Gasteiger partial charge in [0.25, 0.3) is 0 Å². The van der Waals surface area contributed by atoms with Gasteiger partial charge in [-0.25, -0.2) is 0 Å². The zero-order valence-electron chi connectivity index (χ0n) is 36.4. The van der Waals surface area contributed by atoms with Crippen LogP contribution in [0, 0.1) is 0 Å². The Hall–Kier alpha value is -5.08. The predicted molar refractivity (Wildman–Crippen MR) is 161 cm³/mol. The van der Waals surface area contributed by atoms with Crippen molar-refractivity contribution in [2.45, 2.75) is 0 Å². The van der Waals surface area contributed by atoms with Crippen LogP contribution in [-0.4, -0.2) is 9.13 Å². The molecule has 0 radical (unpaired) electrons. The summed E-state index contributed by atoms with van der Waals surface area (Å²) in [4.78, 5) is 0. The third kappa shape index (κ3) is 3.01. The van der Waals surface area contributed by atoms with E-state index < -0.39 is 114 Å². The quantitative estimate of drug-likeness (QED) is 0.228. The van der Waals surface area contributed by atoms with Crippen LogP contribution in [0.3, 0.4) is 0 Å². The van der Waals surface area contributed by atoms with Crippen LogP contribution in [0.15, 0.2) is 145 Å². The van der Waals surface area contributed by atoms with Crippen LogP contribution in [0.4, 0.5) is 0 Å². The molecule has 6 aromatic carbocycles. The number of fused-ring (bicyclic) bond motifs is 6. The largest absolute Gasteiger partial charge is 0.309 e. The minimum atomic E-state index is -0.707. The van der Waals surface area contributed by atoms with E-state index in [1.165, 1.54) is 9.13 Å². The van der Waals surface area contributed by atoms with Crippen LogP contribution in [0.25, 0.3) is 66.1 Å². The van der Waals surface area contributed by atoms with E-state index in [0.29, 0.717) is 16.3 Å². The Morgan fingerprint density at radius 3 is 1.89 bits per heavy atom. The highest BCUT2D eigenvalue weighted by atomic mass is 15.0. The fourth-order valence-electron chi connectivity index (χ4n) is 5.04. The molecule has 0 fully saturated rings. The normalized spacial score (nSPS) is 17.9. The lowest BCUT2D eigenvalue weighted by Crippen LogP contribution is -1.96. The molecule has 2 nitrogen and oxygen atoms in total. The minimum absolute atomic E-state index is 0.116. The maximum absolute atomic E-state index is 9.42. The van der Waals surface area contributed by atoms with E-state index in [4.69, 9.17) is 21.9 Å². The Bertz CT molecular complexity index is 2970. The predicted octanol–water partition coefficient (Wildman–Crippen LogP) is 9.55. The molecule has 0 aliphatic carbocycles. The maximum Gasteiger partial charge on any atom is 0.0651 e. The fraction of sp³-hybridized carbons (Fsp3) is 0. The third-order valence-electron chi connectivity index (χ3n) is 6.53. The van der Waals surface area contributed by atoms with E-state index in [9.17, 15) is 1.37 Å². The summed E-state index contributed by atoms with van der Waals surface area (Å²) in [6.45, 7) is 0. The average molecular weight is 502 g/mol. The first-order chi connectivity index (χ1) is 25.9. The molecule has 0 N–H and O–H groups in total. The Morgan fingerprint density at radius 1 is 0.447 bits per heavy atom. The van der Waals surface area contributed by atoms with Crippen molar-refractivity contribution < 1.29 is 23.3 Å². The highest BCUT2D eigenvalue weighted by Crippen LogP contribution is 2.40. The molecule has 0 aliphatic heterocycles. The Labute approximate surface area is 244 Å². The van der Waals surface area contributed by atoms with Gasteiger partial charge in [0.1, 0.15) is 0 Å². The van der Waals surface area contributed by atoms with Crippen LogP contribution >= 0.6 is 0 Å². The van der Waals surface area contributed by atoms with Crippen molar-refractivity contribution in [1.82, 2.24) is 9.13 Å². The Kier molecular flexibility index (Phi) is 2.24. The first-order valence-corrected chi connectivity index (χ1v) is 11.7. The van der Waals surface area contributed by atoms with E-state index in [-0.39, 0.29) is 38.7 Å². The highest BCUT2D eigenvalue weighted by Gasteiger charge is 2.19. The lowest BCUT2D eigenvalue weighted by atomic mass is 10.1. The lowest BCUT2D eigenvalue weighted by molar-refractivity contribution is 1.17. The van der Waals surface area contributed by atoms with Crippen molar-refractivity contribution in [1.29, 1.82) is 0 Å². The molecule has 0 atom stereocenters. The molecule has 2 heteroatoms. The minimum Gasteiger partial charge on any atom is -0.309 e. The third-order valence-corrected chi connectivity index (χ3v) is 6.53. The zero-order chi connectivity index (χ0) is 39.8. The summed E-state index contributed by atoms with van der Waals surface area (Å²) in [6.07, 6.45) is 0. The van der Waals surface area contributed by atoms with Gasteiger partial charge in [0.2, 0.25) is 0 Å². The number of nitrogens with zero attached hydrogens (tertiary/aromatic N) is 2. The van der Waals surface area contributed by atoms with Crippen LogP contribution < -0.4 is 0 Å². The molecule has 0 saturated carbocycles. The second-order valence-corrected chi connectivity index (χ2v) is 8.53. The monoisotopic (exact) mass is 501 g/mol. The van der Waals surface area contributed by atoms with Crippen molar-refractivity contribution in [3.63, 3.8) is 0 Å². The van der Waals surface area contributed by atoms with Crippen LogP contribution in [0.5, 0.6) is 0 Å². The van der Waals surface area contributed by atoms with Gasteiger partial charge in [-0.05, 0) is 53.5 Å². The molecule has 0 saturated heterocycles. The Balaban J connectivity index is 1.59. The standard InChI is InChI=1S/C36H24N2/c1-2-12-25(13-3-1)26-14-10-15-27(24-26)37-33-21-9-6-18-30(33)36-34(37)22-11-23-35(36)38-31-19-7-4-16-28(31)29-17-5-8-20-32(29)38/h1-24H/i1D,2D,3D,4D,5D,7D,8D,10D,12D,13D,14D,15D,16D,17D,19D,20D,24D. The number of para-hydroxylation sites is 3. The van der Waals surface area contributed by atoms with Gasteiger partial charge < -0.3 is 9.13 Å². The van der Waals surface area contributed by atoms with Gasteiger partial charge >= 0.3 is 0 Å². The summed E-state index contributed by atoms with van der Waals surface area (Å²) in [5.74, 6) is 0. The van der Waals surface area contributed by atoms with E-state index >= 15 is 0 Å². The molecule has 38 heavy (non-hydrogen) atoms. The molecular formula is C36H24N2. The molecule has 0 spiro atoms. The summed E-state index contributed by atoms with van der Waals surface area (Å²) in [6, 6.07) is 1.17. The van der Waals surface area contributed by atoms with Crippen molar-refractivity contribution in [3.05, 3.63) is 145 Å². The summed E-state index contributed by atoms with van der Waals surface area (Å²) < 4.78 is 150. The molecule has 178 valence electrons. The second-order valence-electron chi connectivity index (χ2n) is 8.53. The molecule has 8 rings (SSSR count). The number of aromatic nitrogens is 2. The van der Waals surface area contributed by atoms with Crippen molar-refractivity contribution >= 4 is 43.6 Å². The SMILES string of the molecule is [2H]c1c([2H])c([2H])c(-c2c([2H])c([2H])c([2H])c(-n3c4ccccc4c4c(-n5c6c([2H])c([2H])c([2H])c([2H])c6c6c([2H])c([2H])c([2H])c([2H])c65)cccc43)c2[2H])c([2H])c1[2H]. The van der Waals surface area contributed by atoms with Gasteiger partial charge in [0, 0.05) is 27.2 Å². The van der Waals surface area contributed by atoms with Crippen LogP contribution in [0.2, 0.25) is 0 Å². The molecule has 8 aromatic rings. The van der Waals surface area contributed by atoms with Crippen LogP contribution in [0.1, 0.15) is 23.3 Å². The highest BCUT2D eigenvalue weighted by molar-refractivity contribution is 6.16. The summed E-state index contributed by atoms with van der Waals surface area (Å²) >= 11 is 0. The van der Waals surface area contributed by atoms with Gasteiger partial charge in [-0.2, -0.15) is 0 Å². The Morgan fingerprint density at radius 2 is 1.11 bits per heavy atom. The van der Waals surface area contributed by atoms with Crippen molar-refractivity contribution in [2.24, 2.45) is 0 Å². The van der Waals surface area contributed by atoms with E-state index in [0.717, 1.165) is 0 Å². The molecule has 0 amide bonds. The summed E-state index contributed by atoms with van der Waals surface area (Å²) in [5.41, 5.74) is -0.561. The van der Waals surface area contributed by atoms with Crippen LogP contribution in [-0.2, 0) is 0 Å². The summed E-state index contributed by atoms with van der Waals surface area (Å²) in [5, 5.41) is 0.586. The smallest absolute Gasteiger partial charge is 0.0651 e. The van der Waals surface area contributed by atoms with Gasteiger partial charge in [-0.1, -0.05) is 103 Å². The van der Waals surface area contributed by atoms with Gasteiger partial charge in [0.15, 0.2) is 0 Å². The second kappa shape index (κ2) is 8.22. The first-order valence-electron chi connectivity index (χ1n) is 20.2. The molecule has 2 aromatic heterocycles. The summed E-state index contributed by atoms with van der Waals surface area (Å²) in [7, 11) is 0. The number of benzene rings is 6. The molecule has 0 unspecified atom stereocenters. The topological polar surface area (TPSA) is 9.86 Å². The molecule has 2 heterocycles.